The minimum atomic E-state index is -0.113. The molecule has 0 atom stereocenters. The third-order valence-electron chi connectivity index (χ3n) is 4.60. The van der Waals surface area contributed by atoms with Gasteiger partial charge in [0.15, 0.2) is 11.5 Å². The summed E-state index contributed by atoms with van der Waals surface area (Å²) in [6.07, 6.45) is 6.68. The Bertz CT molecular complexity index is 808. The van der Waals surface area contributed by atoms with E-state index in [0.29, 0.717) is 35.5 Å². The van der Waals surface area contributed by atoms with Crippen LogP contribution in [0.1, 0.15) is 36.0 Å². The number of carbonyl (C=O) groups excluding carboxylic acids is 1. The smallest absolute Gasteiger partial charge is 0.254 e. The monoisotopic (exact) mass is 386 g/mol. The zero-order valence-electron chi connectivity index (χ0n) is 15.0. The van der Waals surface area contributed by atoms with Crippen LogP contribution in [0.25, 0.3) is 0 Å². The first-order chi connectivity index (χ1) is 13.3. The highest BCUT2D eigenvalue weighted by molar-refractivity contribution is 7.99. The summed E-state index contributed by atoms with van der Waals surface area (Å²) < 4.78 is 16.3. The molecule has 1 aromatic heterocycles. The molecular formula is C20H22N2O4S. The second-order valence-electron chi connectivity index (χ2n) is 6.50. The molecule has 0 bridgehead atoms. The largest absolute Gasteiger partial charge is 0.492 e. The van der Waals surface area contributed by atoms with E-state index in [4.69, 9.17) is 14.2 Å². The van der Waals surface area contributed by atoms with E-state index in [2.05, 4.69) is 10.3 Å². The fraction of sp³-hybridized carbons (Fsp3) is 0.400. The maximum Gasteiger partial charge on any atom is 0.254 e. The molecule has 1 aliphatic heterocycles. The Kier molecular flexibility index (Phi) is 5.67. The Morgan fingerprint density at radius 2 is 2.07 bits per heavy atom. The van der Waals surface area contributed by atoms with Gasteiger partial charge in [-0.1, -0.05) is 12.8 Å². The molecule has 1 aromatic carbocycles. The SMILES string of the molecule is O=C(NCCOc1ccc2c(c1)OCO2)c1cccnc1SC1CCCC1. The summed E-state index contributed by atoms with van der Waals surface area (Å²) in [6, 6.07) is 9.07. The van der Waals surface area contributed by atoms with Gasteiger partial charge in [0.05, 0.1) is 12.1 Å². The molecule has 6 nitrogen and oxygen atoms in total. The summed E-state index contributed by atoms with van der Waals surface area (Å²) in [5.41, 5.74) is 0.637. The van der Waals surface area contributed by atoms with Gasteiger partial charge in [-0.05, 0) is 37.1 Å². The van der Waals surface area contributed by atoms with Crippen LogP contribution in [-0.4, -0.2) is 36.1 Å². The summed E-state index contributed by atoms with van der Waals surface area (Å²) in [6.45, 7) is 1.02. The zero-order chi connectivity index (χ0) is 18.5. The van der Waals surface area contributed by atoms with Gasteiger partial charge in [0.2, 0.25) is 6.79 Å². The molecule has 142 valence electrons. The summed E-state index contributed by atoms with van der Waals surface area (Å²) >= 11 is 1.72. The molecule has 2 heterocycles. The first-order valence-electron chi connectivity index (χ1n) is 9.22. The number of nitrogens with zero attached hydrogens (tertiary/aromatic N) is 1. The van der Waals surface area contributed by atoms with Gasteiger partial charge in [0.25, 0.3) is 5.91 Å². The predicted octanol–water partition coefficient (Wildman–Crippen LogP) is 3.65. The molecule has 0 unspecified atom stereocenters. The summed E-state index contributed by atoms with van der Waals surface area (Å²) in [4.78, 5) is 17.0. The number of rotatable bonds is 7. The van der Waals surface area contributed by atoms with Gasteiger partial charge in [-0.25, -0.2) is 4.98 Å². The van der Waals surface area contributed by atoms with E-state index < -0.39 is 0 Å². The van der Waals surface area contributed by atoms with Crippen molar-refractivity contribution in [1.82, 2.24) is 10.3 Å². The van der Waals surface area contributed by atoms with Crippen LogP contribution in [0.15, 0.2) is 41.6 Å². The van der Waals surface area contributed by atoms with Crippen molar-refractivity contribution >= 4 is 17.7 Å². The highest BCUT2D eigenvalue weighted by Gasteiger charge is 2.20. The van der Waals surface area contributed by atoms with E-state index in [1.54, 1.807) is 30.1 Å². The first kappa shape index (κ1) is 18.0. The third kappa shape index (κ3) is 4.47. The topological polar surface area (TPSA) is 69.7 Å². The molecule has 2 aliphatic rings. The lowest BCUT2D eigenvalue weighted by Gasteiger charge is -2.12. The highest BCUT2D eigenvalue weighted by Crippen LogP contribution is 2.36. The van der Waals surface area contributed by atoms with Crippen molar-refractivity contribution in [2.24, 2.45) is 0 Å². The second-order valence-corrected chi connectivity index (χ2v) is 7.79. The number of benzene rings is 1. The number of carbonyl (C=O) groups is 1. The Morgan fingerprint density at radius 1 is 1.22 bits per heavy atom. The molecule has 0 saturated heterocycles. The first-order valence-corrected chi connectivity index (χ1v) is 10.1. The molecule has 1 aliphatic carbocycles. The standard InChI is InChI=1S/C20H22N2O4S/c23-19(16-6-3-9-22-20(16)27-15-4-1-2-5-15)21-10-11-24-14-7-8-17-18(12-14)26-13-25-17/h3,6-9,12,15H,1-2,4-5,10-11,13H2,(H,21,23). The molecule has 27 heavy (non-hydrogen) atoms. The fourth-order valence-corrected chi connectivity index (χ4v) is 4.51. The number of aromatic nitrogens is 1. The third-order valence-corrected chi connectivity index (χ3v) is 5.95. The highest BCUT2D eigenvalue weighted by atomic mass is 32.2. The minimum absolute atomic E-state index is 0.113. The van der Waals surface area contributed by atoms with Gasteiger partial charge in [0, 0.05) is 17.5 Å². The maximum atomic E-state index is 12.5. The number of hydrogen-bond donors (Lipinski definition) is 1. The minimum Gasteiger partial charge on any atom is -0.492 e. The molecule has 1 N–H and O–H groups in total. The normalized spacial score (nSPS) is 15.7. The van der Waals surface area contributed by atoms with Gasteiger partial charge < -0.3 is 19.5 Å². The van der Waals surface area contributed by atoms with E-state index in [1.807, 2.05) is 18.2 Å². The lowest BCUT2D eigenvalue weighted by molar-refractivity contribution is 0.0943. The van der Waals surface area contributed by atoms with Crippen molar-refractivity contribution in [2.75, 3.05) is 19.9 Å². The molecule has 7 heteroatoms. The van der Waals surface area contributed by atoms with E-state index in [-0.39, 0.29) is 12.7 Å². The van der Waals surface area contributed by atoms with Gasteiger partial charge in [0.1, 0.15) is 17.4 Å². The average Bonchev–Trinajstić information content (AvgIpc) is 3.37. The molecule has 0 spiro atoms. The van der Waals surface area contributed by atoms with Gasteiger partial charge in [-0.3, -0.25) is 4.79 Å². The van der Waals surface area contributed by atoms with Crippen LogP contribution >= 0.6 is 11.8 Å². The molecule has 1 saturated carbocycles. The van der Waals surface area contributed by atoms with Crippen LogP contribution < -0.4 is 19.5 Å². The van der Waals surface area contributed by atoms with Crippen molar-refractivity contribution in [3.05, 3.63) is 42.1 Å². The van der Waals surface area contributed by atoms with Crippen molar-refractivity contribution in [3.8, 4) is 17.2 Å². The number of pyridine rings is 1. The number of ether oxygens (including phenoxy) is 3. The van der Waals surface area contributed by atoms with E-state index in [9.17, 15) is 4.79 Å². The van der Waals surface area contributed by atoms with E-state index in [0.717, 1.165) is 10.8 Å². The molecule has 2 aromatic rings. The molecule has 1 fully saturated rings. The quantitative estimate of drug-likeness (QED) is 0.733. The molecule has 1 amide bonds. The van der Waals surface area contributed by atoms with Crippen LogP contribution in [0.3, 0.4) is 0 Å². The lowest BCUT2D eigenvalue weighted by Crippen LogP contribution is -2.28. The van der Waals surface area contributed by atoms with Crippen molar-refractivity contribution in [1.29, 1.82) is 0 Å². The second kappa shape index (κ2) is 8.52. The number of hydrogen-bond acceptors (Lipinski definition) is 6. The number of fused-ring (bicyclic) bond motifs is 1. The van der Waals surface area contributed by atoms with Crippen LogP contribution in [0, 0.1) is 0 Å². The molecular weight excluding hydrogens is 364 g/mol. The van der Waals surface area contributed by atoms with Crippen molar-refractivity contribution < 1.29 is 19.0 Å². The predicted molar refractivity (Wildman–Crippen MR) is 103 cm³/mol. The Balaban J connectivity index is 1.28. The van der Waals surface area contributed by atoms with Crippen molar-refractivity contribution in [2.45, 2.75) is 36.0 Å². The Labute approximate surface area is 162 Å². The molecule has 4 rings (SSSR count). The van der Waals surface area contributed by atoms with Crippen LogP contribution in [-0.2, 0) is 0 Å². The van der Waals surface area contributed by atoms with Gasteiger partial charge in [-0.2, -0.15) is 0 Å². The van der Waals surface area contributed by atoms with Crippen LogP contribution in [0.2, 0.25) is 0 Å². The van der Waals surface area contributed by atoms with Crippen molar-refractivity contribution in [3.63, 3.8) is 0 Å². The number of thioether (sulfide) groups is 1. The maximum absolute atomic E-state index is 12.5. The van der Waals surface area contributed by atoms with E-state index >= 15 is 0 Å². The number of amides is 1. The lowest BCUT2D eigenvalue weighted by atomic mass is 10.2. The summed E-state index contributed by atoms with van der Waals surface area (Å²) in [5, 5.41) is 4.30. The fourth-order valence-electron chi connectivity index (χ4n) is 3.22. The van der Waals surface area contributed by atoms with E-state index in [1.165, 1.54) is 25.7 Å². The Hall–Kier alpha value is -2.41. The molecule has 0 radical (unpaired) electrons. The zero-order valence-corrected chi connectivity index (χ0v) is 15.8. The van der Waals surface area contributed by atoms with Crippen LogP contribution in [0.4, 0.5) is 0 Å². The van der Waals surface area contributed by atoms with Crippen LogP contribution in [0.5, 0.6) is 17.2 Å². The number of nitrogens with one attached hydrogen (secondary N) is 1. The summed E-state index contributed by atoms with van der Waals surface area (Å²) in [5.74, 6) is 1.98. The van der Waals surface area contributed by atoms with Gasteiger partial charge in [-0.15, -0.1) is 11.8 Å². The Morgan fingerprint density at radius 3 is 2.96 bits per heavy atom. The van der Waals surface area contributed by atoms with Gasteiger partial charge >= 0.3 is 0 Å². The average molecular weight is 386 g/mol. The summed E-state index contributed by atoms with van der Waals surface area (Å²) in [7, 11) is 0.